The summed E-state index contributed by atoms with van der Waals surface area (Å²) >= 11 is 12.1. The SMILES string of the molecule is COc1cncc(OC2CCCN(C(=O)c3cc(Cl)ccc3Cl)C2)n1. The number of hydrogen-bond acceptors (Lipinski definition) is 5. The summed E-state index contributed by atoms with van der Waals surface area (Å²) in [5, 5.41) is 0.861. The highest BCUT2D eigenvalue weighted by atomic mass is 35.5. The first kappa shape index (κ1) is 17.8. The Morgan fingerprint density at radius 1 is 1.28 bits per heavy atom. The molecule has 1 aromatic heterocycles. The van der Waals surface area contributed by atoms with Crippen molar-refractivity contribution in [2.75, 3.05) is 20.2 Å². The van der Waals surface area contributed by atoms with Crippen molar-refractivity contribution in [1.82, 2.24) is 14.9 Å². The van der Waals surface area contributed by atoms with E-state index in [0.29, 0.717) is 40.5 Å². The van der Waals surface area contributed by atoms with Crippen LogP contribution in [0.5, 0.6) is 11.8 Å². The van der Waals surface area contributed by atoms with Crippen LogP contribution in [0.15, 0.2) is 30.6 Å². The zero-order valence-electron chi connectivity index (χ0n) is 13.6. The Labute approximate surface area is 155 Å². The molecule has 132 valence electrons. The molecule has 2 heterocycles. The average Bonchev–Trinajstić information content (AvgIpc) is 2.63. The van der Waals surface area contributed by atoms with E-state index >= 15 is 0 Å². The Kier molecular flexibility index (Phi) is 5.60. The highest BCUT2D eigenvalue weighted by molar-refractivity contribution is 6.35. The molecule has 1 fully saturated rings. The molecular formula is C17H17Cl2N3O3. The summed E-state index contributed by atoms with van der Waals surface area (Å²) in [4.78, 5) is 22.7. The van der Waals surface area contributed by atoms with E-state index in [9.17, 15) is 4.79 Å². The zero-order chi connectivity index (χ0) is 17.8. The number of nitrogens with zero attached hydrogens (tertiary/aromatic N) is 3. The van der Waals surface area contributed by atoms with Gasteiger partial charge in [0.15, 0.2) is 0 Å². The van der Waals surface area contributed by atoms with Crippen molar-refractivity contribution in [3.63, 3.8) is 0 Å². The molecule has 1 atom stereocenters. The van der Waals surface area contributed by atoms with Gasteiger partial charge in [-0.1, -0.05) is 23.2 Å². The van der Waals surface area contributed by atoms with Crippen LogP contribution in [0.2, 0.25) is 10.0 Å². The van der Waals surface area contributed by atoms with Crippen molar-refractivity contribution in [3.05, 3.63) is 46.2 Å². The number of methoxy groups -OCH3 is 1. The maximum Gasteiger partial charge on any atom is 0.255 e. The van der Waals surface area contributed by atoms with E-state index < -0.39 is 0 Å². The lowest BCUT2D eigenvalue weighted by Crippen LogP contribution is -2.44. The lowest BCUT2D eigenvalue weighted by molar-refractivity contribution is 0.0525. The number of likely N-dealkylation sites (tertiary alicyclic amines) is 1. The van der Waals surface area contributed by atoms with E-state index in [0.717, 1.165) is 12.8 Å². The highest BCUT2D eigenvalue weighted by Crippen LogP contribution is 2.24. The van der Waals surface area contributed by atoms with Crippen molar-refractivity contribution in [2.24, 2.45) is 0 Å². The first-order chi connectivity index (χ1) is 12.1. The van der Waals surface area contributed by atoms with E-state index in [1.54, 1.807) is 23.1 Å². The minimum atomic E-state index is -0.169. The largest absolute Gasteiger partial charge is 0.480 e. The monoisotopic (exact) mass is 381 g/mol. The molecule has 0 saturated carbocycles. The van der Waals surface area contributed by atoms with Gasteiger partial charge in [-0.15, -0.1) is 0 Å². The normalized spacial score (nSPS) is 17.2. The molecule has 2 aromatic rings. The van der Waals surface area contributed by atoms with Crippen LogP contribution in [0.3, 0.4) is 0 Å². The zero-order valence-corrected chi connectivity index (χ0v) is 15.1. The van der Waals surface area contributed by atoms with Crippen LogP contribution < -0.4 is 9.47 Å². The van der Waals surface area contributed by atoms with Crippen LogP contribution in [0.25, 0.3) is 0 Å². The summed E-state index contributed by atoms with van der Waals surface area (Å²) in [5.74, 6) is 0.601. The van der Waals surface area contributed by atoms with Crippen LogP contribution in [0, 0.1) is 0 Å². The van der Waals surface area contributed by atoms with E-state index in [1.165, 1.54) is 19.5 Å². The molecule has 1 amide bonds. The van der Waals surface area contributed by atoms with Crippen LogP contribution >= 0.6 is 23.2 Å². The molecule has 0 bridgehead atoms. The number of amides is 1. The highest BCUT2D eigenvalue weighted by Gasteiger charge is 2.27. The topological polar surface area (TPSA) is 64.6 Å². The van der Waals surface area contributed by atoms with Gasteiger partial charge in [-0.2, -0.15) is 4.98 Å². The molecule has 0 radical (unpaired) electrons. The van der Waals surface area contributed by atoms with Crippen molar-refractivity contribution < 1.29 is 14.3 Å². The number of rotatable bonds is 4. The lowest BCUT2D eigenvalue weighted by atomic mass is 10.1. The number of aromatic nitrogens is 2. The van der Waals surface area contributed by atoms with Crippen LogP contribution in [-0.4, -0.2) is 47.1 Å². The Morgan fingerprint density at radius 2 is 2.08 bits per heavy atom. The molecule has 1 aromatic carbocycles. The van der Waals surface area contributed by atoms with E-state index in [4.69, 9.17) is 32.7 Å². The molecule has 1 saturated heterocycles. The number of carbonyl (C=O) groups excluding carboxylic acids is 1. The maximum atomic E-state index is 12.8. The van der Waals surface area contributed by atoms with Gasteiger partial charge < -0.3 is 14.4 Å². The Hall–Kier alpha value is -2.05. The van der Waals surface area contributed by atoms with Gasteiger partial charge in [0.05, 0.1) is 36.6 Å². The first-order valence-electron chi connectivity index (χ1n) is 7.84. The molecule has 0 N–H and O–H groups in total. The van der Waals surface area contributed by atoms with Crippen molar-refractivity contribution in [1.29, 1.82) is 0 Å². The summed E-state index contributed by atoms with van der Waals surface area (Å²) < 4.78 is 10.9. The first-order valence-corrected chi connectivity index (χ1v) is 8.59. The maximum absolute atomic E-state index is 12.8. The molecule has 25 heavy (non-hydrogen) atoms. The average molecular weight is 382 g/mol. The number of carbonyl (C=O) groups is 1. The minimum Gasteiger partial charge on any atom is -0.480 e. The van der Waals surface area contributed by atoms with Gasteiger partial charge in [0.1, 0.15) is 6.10 Å². The van der Waals surface area contributed by atoms with E-state index in [1.807, 2.05) is 0 Å². The van der Waals surface area contributed by atoms with Crippen molar-refractivity contribution in [2.45, 2.75) is 18.9 Å². The Morgan fingerprint density at radius 3 is 2.88 bits per heavy atom. The summed E-state index contributed by atoms with van der Waals surface area (Å²) in [5.41, 5.74) is 0.399. The Bertz CT molecular complexity index is 773. The van der Waals surface area contributed by atoms with E-state index in [2.05, 4.69) is 9.97 Å². The molecule has 6 nitrogen and oxygen atoms in total. The predicted molar refractivity (Wildman–Crippen MR) is 94.6 cm³/mol. The van der Waals surface area contributed by atoms with Gasteiger partial charge in [0.25, 0.3) is 5.91 Å². The summed E-state index contributed by atoms with van der Waals surface area (Å²) in [7, 11) is 1.52. The second-order valence-corrected chi connectivity index (χ2v) is 6.50. The molecule has 0 aliphatic carbocycles. The fraction of sp³-hybridized carbons (Fsp3) is 0.353. The van der Waals surface area contributed by atoms with Gasteiger partial charge in [-0.3, -0.25) is 9.78 Å². The molecule has 8 heteroatoms. The molecule has 1 aliphatic rings. The van der Waals surface area contributed by atoms with E-state index in [-0.39, 0.29) is 12.0 Å². The smallest absolute Gasteiger partial charge is 0.255 e. The van der Waals surface area contributed by atoms with Gasteiger partial charge in [0, 0.05) is 11.6 Å². The molecule has 0 spiro atoms. The fourth-order valence-corrected chi connectivity index (χ4v) is 3.08. The lowest BCUT2D eigenvalue weighted by Gasteiger charge is -2.32. The van der Waals surface area contributed by atoms with Crippen molar-refractivity contribution in [3.8, 4) is 11.8 Å². The predicted octanol–water partition coefficient (Wildman–Crippen LogP) is 3.48. The number of benzene rings is 1. The number of ether oxygens (including phenoxy) is 2. The van der Waals surface area contributed by atoms with Gasteiger partial charge in [-0.05, 0) is 31.0 Å². The fourth-order valence-electron chi connectivity index (χ4n) is 2.71. The summed E-state index contributed by atoms with van der Waals surface area (Å²) in [6.07, 6.45) is 4.51. The molecule has 3 rings (SSSR count). The third-order valence-corrected chi connectivity index (χ3v) is 4.48. The molecule has 1 aliphatic heterocycles. The van der Waals surface area contributed by atoms with Gasteiger partial charge in [-0.25, -0.2) is 0 Å². The van der Waals surface area contributed by atoms with Crippen molar-refractivity contribution >= 4 is 29.1 Å². The summed E-state index contributed by atoms with van der Waals surface area (Å²) in [6.45, 7) is 1.09. The van der Waals surface area contributed by atoms with Gasteiger partial charge in [0.2, 0.25) is 11.8 Å². The standard InChI is InChI=1S/C17H17Cl2N3O3/c1-24-15-8-20-9-16(21-15)25-12-3-2-6-22(10-12)17(23)13-7-11(18)4-5-14(13)19/h4-5,7-9,12H,2-3,6,10H2,1H3. The second-order valence-electron chi connectivity index (χ2n) is 5.66. The number of piperidine rings is 1. The second kappa shape index (κ2) is 7.89. The van der Waals surface area contributed by atoms with Crippen LogP contribution in [0.1, 0.15) is 23.2 Å². The molecular weight excluding hydrogens is 365 g/mol. The third-order valence-electron chi connectivity index (χ3n) is 3.91. The van der Waals surface area contributed by atoms with Crippen LogP contribution in [0.4, 0.5) is 0 Å². The third kappa shape index (κ3) is 4.32. The Balaban J connectivity index is 1.70. The summed E-state index contributed by atoms with van der Waals surface area (Å²) in [6, 6.07) is 4.87. The van der Waals surface area contributed by atoms with Gasteiger partial charge >= 0.3 is 0 Å². The quantitative estimate of drug-likeness (QED) is 0.810. The number of halogens is 2. The molecule has 1 unspecified atom stereocenters. The number of hydrogen-bond donors (Lipinski definition) is 0. The minimum absolute atomic E-state index is 0.155. The van der Waals surface area contributed by atoms with Crippen LogP contribution in [-0.2, 0) is 0 Å².